The first kappa shape index (κ1) is 18.1. The molecule has 1 amide bonds. The standard InChI is InChI=1S/C18H32BNO4/c1-15(2,3)22-14(21)20-10-8-9-13-11-18(13,12-20)19-23-16(4,5)17(6,7)24-19/h13H,8-12H2,1-7H3. The second-order valence-electron chi connectivity index (χ2n) is 9.77. The summed E-state index contributed by atoms with van der Waals surface area (Å²) < 4.78 is 18.3. The lowest BCUT2D eigenvalue weighted by Gasteiger charge is -2.32. The first-order chi connectivity index (χ1) is 10.9. The number of carbonyl (C=O) groups is 1. The highest BCUT2D eigenvalue weighted by Gasteiger charge is 2.70. The monoisotopic (exact) mass is 337 g/mol. The van der Waals surface area contributed by atoms with Gasteiger partial charge in [-0.25, -0.2) is 4.79 Å². The molecule has 2 aliphatic heterocycles. The zero-order chi connectivity index (χ0) is 18.0. The van der Waals surface area contributed by atoms with Crippen LogP contribution >= 0.6 is 0 Å². The van der Waals surface area contributed by atoms with Crippen LogP contribution in [0.2, 0.25) is 5.31 Å². The van der Waals surface area contributed by atoms with E-state index in [4.69, 9.17) is 14.0 Å². The van der Waals surface area contributed by atoms with Crippen molar-refractivity contribution < 1.29 is 18.8 Å². The number of hydrogen-bond acceptors (Lipinski definition) is 4. The third-order valence-corrected chi connectivity index (χ3v) is 6.12. The summed E-state index contributed by atoms with van der Waals surface area (Å²) in [5.74, 6) is 0.583. The molecule has 0 aromatic carbocycles. The summed E-state index contributed by atoms with van der Waals surface area (Å²) in [6.07, 6.45) is 3.00. The minimum absolute atomic E-state index is 0.0710. The first-order valence-corrected chi connectivity index (χ1v) is 9.20. The minimum atomic E-state index is -0.468. The van der Waals surface area contributed by atoms with Gasteiger partial charge in [-0.2, -0.15) is 0 Å². The van der Waals surface area contributed by atoms with Gasteiger partial charge in [0.2, 0.25) is 0 Å². The molecule has 136 valence electrons. The average Bonchev–Trinajstić information content (AvgIpc) is 3.03. The van der Waals surface area contributed by atoms with E-state index in [0.717, 1.165) is 25.8 Å². The number of ether oxygens (including phenoxy) is 1. The predicted molar refractivity (Wildman–Crippen MR) is 93.9 cm³/mol. The summed E-state index contributed by atoms with van der Waals surface area (Å²) in [5.41, 5.74) is -1.13. The van der Waals surface area contributed by atoms with E-state index < -0.39 is 5.60 Å². The van der Waals surface area contributed by atoms with Gasteiger partial charge in [-0.05, 0) is 73.6 Å². The molecule has 0 N–H and O–H groups in total. The largest absolute Gasteiger partial charge is 0.466 e. The number of likely N-dealkylation sites (tertiary alicyclic amines) is 1. The summed E-state index contributed by atoms with van der Waals surface area (Å²) >= 11 is 0. The third kappa shape index (κ3) is 3.07. The van der Waals surface area contributed by atoms with Crippen molar-refractivity contribution >= 4 is 13.2 Å². The Bertz CT molecular complexity index is 512. The van der Waals surface area contributed by atoms with Gasteiger partial charge in [-0.3, -0.25) is 0 Å². The van der Waals surface area contributed by atoms with Crippen LogP contribution in [0.3, 0.4) is 0 Å². The molecule has 0 radical (unpaired) electrons. The third-order valence-electron chi connectivity index (χ3n) is 6.12. The van der Waals surface area contributed by atoms with E-state index >= 15 is 0 Å². The van der Waals surface area contributed by atoms with Crippen LogP contribution in [0.25, 0.3) is 0 Å². The summed E-state index contributed by atoms with van der Waals surface area (Å²) in [4.78, 5) is 14.4. The van der Waals surface area contributed by atoms with Crippen molar-refractivity contribution in [3.63, 3.8) is 0 Å². The highest BCUT2D eigenvalue weighted by molar-refractivity contribution is 6.51. The van der Waals surface area contributed by atoms with Gasteiger partial charge in [0, 0.05) is 18.4 Å². The number of carbonyl (C=O) groups excluding carboxylic acids is 1. The summed E-state index contributed by atoms with van der Waals surface area (Å²) in [6.45, 7) is 15.5. The maximum absolute atomic E-state index is 12.6. The second kappa shape index (κ2) is 5.37. The molecule has 6 heteroatoms. The fraction of sp³-hybridized carbons (Fsp3) is 0.944. The van der Waals surface area contributed by atoms with Crippen molar-refractivity contribution in [1.82, 2.24) is 4.90 Å². The molecule has 0 bridgehead atoms. The minimum Gasteiger partial charge on any atom is -0.444 e. The maximum Gasteiger partial charge on any atom is 0.466 e. The molecule has 3 aliphatic rings. The molecular formula is C18H32BNO4. The van der Waals surface area contributed by atoms with E-state index in [1.807, 2.05) is 25.7 Å². The van der Waals surface area contributed by atoms with Crippen molar-refractivity contribution in [1.29, 1.82) is 0 Å². The van der Waals surface area contributed by atoms with Gasteiger partial charge in [-0.15, -0.1) is 0 Å². The van der Waals surface area contributed by atoms with Gasteiger partial charge in [0.25, 0.3) is 0 Å². The molecule has 2 unspecified atom stereocenters. The Morgan fingerprint density at radius 3 is 2.29 bits per heavy atom. The van der Waals surface area contributed by atoms with Crippen molar-refractivity contribution in [3.8, 4) is 0 Å². The maximum atomic E-state index is 12.6. The van der Waals surface area contributed by atoms with Crippen LogP contribution in [0.4, 0.5) is 4.79 Å². The first-order valence-electron chi connectivity index (χ1n) is 9.20. The molecule has 2 atom stereocenters. The van der Waals surface area contributed by atoms with E-state index in [-0.39, 0.29) is 29.7 Å². The van der Waals surface area contributed by atoms with Crippen LogP contribution in [0, 0.1) is 5.92 Å². The summed E-state index contributed by atoms with van der Waals surface area (Å²) in [7, 11) is -0.240. The van der Waals surface area contributed by atoms with E-state index in [1.54, 1.807) is 0 Å². The summed E-state index contributed by atoms with van der Waals surface area (Å²) in [5, 5.41) is -0.0710. The highest BCUT2D eigenvalue weighted by atomic mass is 16.7. The van der Waals surface area contributed by atoms with E-state index in [2.05, 4.69) is 27.7 Å². The Kier molecular flexibility index (Phi) is 4.04. The van der Waals surface area contributed by atoms with Gasteiger partial charge < -0.3 is 18.9 Å². The lowest BCUT2D eigenvalue weighted by atomic mass is 9.66. The van der Waals surface area contributed by atoms with E-state index in [0.29, 0.717) is 12.5 Å². The molecule has 5 nitrogen and oxygen atoms in total. The molecule has 3 fully saturated rings. The van der Waals surface area contributed by atoms with Crippen molar-refractivity contribution in [3.05, 3.63) is 0 Å². The Morgan fingerprint density at radius 2 is 1.75 bits per heavy atom. The van der Waals surface area contributed by atoms with E-state index in [9.17, 15) is 4.79 Å². The number of fused-ring (bicyclic) bond motifs is 1. The molecule has 24 heavy (non-hydrogen) atoms. The lowest BCUT2D eigenvalue weighted by Crippen LogP contribution is -2.42. The Labute approximate surface area is 146 Å². The molecule has 3 rings (SSSR count). The van der Waals surface area contributed by atoms with Gasteiger partial charge >= 0.3 is 13.2 Å². The van der Waals surface area contributed by atoms with Crippen LogP contribution in [0.5, 0.6) is 0 Å². The zero-order valence-electron chi connectivity index (χ0n) is 16.3. The average molecular weight is 337 g/mol. The molecule has 0 aromatic rings. The number of amides is 1. The predicted octanol–water partition coefficient (Wildman–Crippen LogP) is 3.87. The fourth-order valence-electron chi connectivity index (χ4n) is 3.87. The SMILES string of the molecule is CC(C)(C)OC(=O)N1CCCC2CC2(B2OC(C)(C)C(C)(C)O2)C1. The molecule has 0 aromatic heterocycles. The van der Waals surface area contributed by atoms with E-state index in [1.165, 1.54) is 0 Å². The number of hydrogen-bond donors (Lipinski definition) is 0. The van der Waals surface area contributed by atoms with Gasteiger partial charge in [-0.1, -0.05) is 0 Å². The van der Waals surface area contributed by atoms with Crippen LogP contribution in [0.15, 0.2) is 0 Å². The fourth-order valence-corrected chi connectivity index (χ4v) is 3.87. The topological polar surface area (TPSA) is 48.0 Å². The molecular weight excluding hydrogens is 305 g/mol. The van der Waals surface area contributed by atoms with Crippen molar-refractivity contribution in [2.75, 3.05) is 13.1 Å². The molecule has 0 spiro atoms. The van der Waals surface area contributed by atoms with Crippen LogP contribution in [-0.2, 0) is 14.0 Å². The second-order valence-corrected chi connectivity index (χ2v) is 9.77. The Morgan fingerprint density at radius 1 is 1.17 bits per heavy atom. The Hall–Kier alpha value is -0.745. The van der Waals surface area contributed by atoms with Crippen LogP contribution in [-0.4, -0.2) is 48.0 Å². The Balaban J connectivity index is 1.76. The van der Waals surface area contributed by atoms with Gasteiger partial charge in [0.05, 0.1) is 11.2 Å². The zero-order valence-corrected chi connectivity index (χ0v) is 16.3. The molecule has 1 aliphatic carbocycles. The lowest BCUT2D eigenvalue weighted by molar-refractivity contribution is 0.00578. The normalized spacial score (nSPS) is 34.5. The molecule has 2 heterocycles. The smallest absolute Gasteiger partial charge is 0.444 e. The quantitative estimate of drug-likeness (QED) is 0.682. The van der Waals surface area contributed by atoms with Crippen LogP contribution < -0.4 is 0 Å². The highest BCUT2D eigenvalue weighted by Crippen LogP contribution is 2.67. The molecule has 2 saturated heterocycles. The van der Waals surface area contributed by atoms with Crippen molar-refractivity contribution in [2.24, 2.45) is 5.92 Å². The summed E-state index contributed by atoms with van der Waals surface area (Å²) in [6, 6.07) is 0. The number of nitrogens with zero attached hydrogens (tertiary/aromatic N) is 1. The van der Waals surface area contributed by atoms with Gasteiger partial charge in [0.1, 0.15) is 5.60 Å². The van der Waals surface area contributed by atoms with Gasteiger partial charge in [0.15, 0.2) is 0 Å². The molecule has 1 saturated carbocycles. The van der Waals surface area contributed by atoms with Crippen molar-refractivity contribution in [2.45, 2.75) is 89.8 Å². The van der Waals surface area contributed by atoms with Crippen LogP contribution in [0.1, 0.15) is 67.7 Å². The number of rotatable bonds is 1.